The summed E-state index contributed by atoms with van der Waals surface area (Å²) in [6.45, 7) is 5.55. The maximum Gasteiger partial charge on any atom is 0.234 e. The molecule has 1 aliphatic heterocycles. The summed E-state index contributed by atoms with van der Waals surface area (Å²) < 4.78 is 13.3. The Morgan fingerprint density at radius 2 is 1.79 bits per heavy atom. The molecule has 2 amide bonds. The molecule has 1 saturated heterocycles. The molecule has 0 bridgehead atoms. The van der Waals surface area contributed by atoms with Crippen molar-refractivity contribution in [3.8, 4) is 0 Å². The smallest absolute Gasteiger partial charge is 0.234 e. The lowest BCUT2D eigenvalue weighted by Crippen LogP contribution is -2.54. The molecule has 2 N–H and O–H groups in total. The number of likely N-dealkylation sites (tertiary alicyclic amines) is 1. The second-order valence-electron chi connectivity index (χ2n) is 8.48. The van der Waals surface area contributed by atoms with Gasteiger partial charge in [0.2, 0.25) is 11.8 Å². The Morgan fingerprint density at radius 3 is 2.39 bits per heavy atom. The van der Waals surface area contributed by atoms with Gasteiger partial charge in [-0.05, 0) is 49.3 Å². The zero-order valence-electron chi connectivity index (χ0n) is 17.0. The summed E-state index contributed by atoms with van der Waals surface area (Å²) in [5.41, 5.74) is 0.425. The summed E-state index contributed by atoms with van der Waals surface area (Å²) in [5, 5.41) is 6.30. The van der Waals surface area contributed by atoms with Crippen molar-refractivity contribution in [2.75, 3.05) is 19.6 Å². The SMILES string of the molecule is CC(=O)NC1(c2ccc(F)cc2)CCN(CC(=O)N[C@H]2CCCC[C@H]2C)CC1. The molecule has 28 heavy (non-hydrogen) atoms. The second-order valence-corrected chi connectivity index (χ2v) is 8.48. The molecule has 5 nitrogen and oxygen atoms in total. The van der Waals surface area contributed by atoms with E-state index >= 15 is 0 Å². The summed E-state index contributed by atoms with van der Waals surface area (Å²) in [5.74, 6) is 0.257. The van der Waals surface area contributed by atoms with Crippen molar-refractivity contribution in [2.45, 2.75) is 64.0 Å². The first kappa shape index (κ1) is 20.8. The van der Waals surface area contributed by atoms with Gasteiger partial charge in [0.25, 0.3) is 0 Å². The van der Waals surface area contributed by atoms with E-state index in [9.17, 15) is 14.0 Å². The van der Waals surface area contributed by atoms with Gasteiger partial charge in [-0.3, -0.25) is 14.5 Å². The Bertz CT molecular complexity index is 684. The van der Waals surface area contributed by atoms with Crippen LogP contribution in [0.15, 0.2) is 24.3 Å². The minimum absolute atomic E-state index is 0.0903. The number of hydrogen-bond donors (Lipinski definition) is 2. The van der Waals surface area contributed by atoms with Crippen molar-refractivity contribution < 1.29 is 14.0 Å². The Labute approximate surface area is 167 Å². The number of benzene rings is 1. The van der Waals surface area contributed by atoms with Crippen molar-refractivity contribution in [1.29, 1.82) is 0 Å². The van der Waals surface area contributed by atoms with Gasteiger partial charge in [0.05, 0.1) is 12.1 Å². The van der Waals surface area contributed by atoms with E-state index in [1.807, 2.05) is 0 Å². The van der Waals surface area contributed by atoms with Gasteiger partial charge in [-0.15, -0.1) is 0 Å². The van der Waals surface area contributed by atoms with Crippen molar-refractivity contribution in [1.82, 2.24) is 15.5 Å². The molecule has 1 aromatic carbocycles. The van der Waals surface area contributed by atoms with Crippen molar-refractivity contribution in [3.63, 3.8) is 0 Å². The number of carbonyl (C=O) groups is 2. The Morgan fingerprint density at radius 1 is 1.14 bits per heavy atom. The van der Waals surface area contributed by atoms with Gasteiger partial charge in [0, 0.05) is 26.1 Å². The van der Waals surface area contributed by atoms with Crippen LogP contribution >= 0.6 is 0 Å². The van der Waals surface area contributed by atoms with E-state index in [0.717, 1.165) is 12.0 Å². The molecule has 0 unspecified atom stereocenters. The fraction of sp³-hybridized carbons (Fsp3) is 0.636. The minimum atomic E-state index is -0.496. The summed E-state index contributed by atoms with van der Waals surface area (Å²) in [7, 11) is 0. The molecular formula is C22H32FN3O2. The van der Waals surface area contributed by atoms with Gasteiger partial charge in [-0.2, -0.15) is 0 Å². The molecule has 1 saturated carbocycles. The topological polar surface area (TPSA) is 61.4 Å². The monoisotopic (exact) mass is 389 g/mol. The van der Waals surface area contributed by atoms with E-state index in [0.29, 0.717) is 44.4 Å². The van der Waals surface area contributed by atoms with E-state index < -0.39 is 5.54 Å². The highest BCUT2D eigenvalue weighted by Gasteiger charge is 2.37. The van der Waals surface area contributed by atoms with Gasteiger partial charge in [-0.1, -0.05) is 31.9 Å². The first-order valence-corrected chi connectivity index (χ1v) is 10.4. The zero-order valence-corrected chi connectivity index (χ0v) is 17.0. The van der Waals surface area contributed by atoms with Crippen LogP contribution in [0.25, 0.3) is 0 Å². The number of amides is 2. The van der Waals surface area contributed by atoms with Gasteiger partial charge in [0.15, 0.2) is 0 Å². The second kappa shape index (κ2) is 9.03. The molecule has 154 valence electrons. The maximum atomic E-state index is 13.3. The quantitative estimate of drug-likeness (QED) is 0.814. The highest BCUT2D eigenvalue weighted by molar-refractivity contribution is 5.78. The largest absolute Gasteiger partial charge is 0.352 e. The normalized spacial score (nSPS) is 25.1. The Hall–Kier alpha value is -1.95. The molecule has 6 heteroatoms. The number of carbonyl (C=O) groups excluding carboxylic acids is 2. The maximum absolute atomic E-state index is 13.3. The van der Waals surface area contributed by atoms with Crippen LogP contribution in [0.2, 0.25) is 0 Å². The van der Waals surface area contributed by atoms with Crippen LogP contribution in [0, 0.1) is 11.7 Å². The highest BCUT2D eigenvalue weighted by atomic mass is 19.1. The number of piperidine rings is 1. The number of halogens is 1. The van der Waals surface area contributed by atoms with Crippen LogP contribution in [0.5, 0.6) is 0 Å². The predicted molar refractivity (Wildman–Crippen MR) is 107 cm³/mol. The summed E-state index contributed by atoms with van der Waals surface area (Å²) >= 11 is 0. The lowest BCUT2D eigenvalue weighted by atomic mass is 9.80. The number of nitrogens with zero attached hydrogens (tertiary/aromatic N) is 1. The highest BCUT2D eigenvalue weighted by Crippen LogP contribution is 2.33. The summed E-state index contributed by atoms with van der Waals surface area (Å²) in [6.07, 6.45) is 6.11. The Balaban J connectivity index is 1.58. The van der Waals surface area contributed by atoms with Crippen molar-refractivity contribution in [3.05, 3.63) is 35.6 Å². The molecule has 2 aliphatic rings. The third-order valence-electron chi connectivity index (χ3n) is 6.35. The molecule has 1 aliphatic carbocycles. The van der Waals surface area contributed by atoms with Gasteiger partial charge < -0.3 is 10.6 Å². The van der Waals surface area contributed by atoms with E-state index in [-0.39, 0.29) is 17.6 Å². The summed E-state index contributed by atoms with van der Waals surface area (Å²) in [6, 6.07) is 6.66. The van der Waals surface area contributed by atoms with Crippen LogP contribution in [0.1, 0.15) is 57.9 Å². The first-order valence-electron chi connectivity index (χ1n) is 10.4. The fourth-order valence-electron chi connectivity index (χ4n) is 4.67. The first-order chi connectivity index (χ1) is 13.4. The zero-order chi connectivity index (χ0) is 20.1. The van der Waals surface area contributed by atoms with E-state index in [2.05, 4.69) is 22.5 Å². The molecular weight excluding hydrogens is 357 g/mol. The molecule has 1 heterocycles. The third kappa shape index (κ3) is 5.10. The van der Waals surface area contributed by atoms with E-state index in [1.54, 1.807) is 12.1 Å². The lowest BCUT2D eigenvalue weighted by Gasteiger charge is -2.42. The average Bonchev–Trinajstić information content (AvgIpc) is 2.65. The molecule has 0 radical (unpaired) electrons. The Kier molecular flexibility index (Phi) is 6.70. The molecule has 2 atom stereocenters. The van der Waals surface area contributed by atoms with Crippen LogP contribution in [0.3, 0.4) is 0 Å². The number of hydrogen-bond acceptors (Lipinski definition) is 3. The van der Waals surface area contributed by atoms with Crippen LogP contribution < -0.4 is 10.6 Å². The molecule has 0 aromatic heterocycles. The summed E-state index contributed by atoms with van der Waals surface area (Å²) in [4.78, 5) is 26.5. The molecule has 3 rings (SSSR count). The van der Waals surface area contributed by atoms with Crippen LogP contribution in [-0.2, 0) is 15.1 Å². The number of nitrogens with one attached hydrogen (secondary N) is 2. The average molecular weight is 390 g/mol. The predicted octanol–water partition coefficient (Wildman–Crippen LogP) is 2.95. The fourth-order valence-corrected chi connectivity index (χ4v) is 4.67. The van der Waals surface area contributed by atoms with Crippen molar-refractivity contribution >= 4 is 11.8 Å². The van der Waals surface area contributed by atoms with Crippen LogP contribution in [-0.4, -0.2) is 42.4 Å². The minimum Gasteiger partial charge on any atom is -0.352 e. The standard InChI is InChI=1S/C22H32FN3O2/c1-16-5-3-4-6-20(16)24-21(28)15-26-13-11-22(12-14-26,25-17(2)27)18-7-9-19(23)10-8-18/h7-10,16,20H,3-6,11-15H2,1-2H3,(H,24,28)(H,25,27)/t16-,20+/m1/s1. The van der Waals surface area contributed by atoms with Gasteiger partial charge in [-0.25, -0.2) is 4.39 Å². The van der Waals surface area contributed by atoms with E-state index in [4.69, 9.17) is 0 Å². The molecule has 1 aromatic rings. The van der Waals surface area contributed by atoms with E-state index in [1.165, 1.54) is 38.3 Å². The lowest BCUT2D eigenvalue weighted by molar-refractivity contribution is -0.125. The molecule has 0 spiro atoms. The number of rotatable bonds is 5. The third-order valence-corrected chi connectivity index (χ3v) is 6.35. The van der Waals surface area contributed by atoms with Crippen molar-refractivity contribution in [2.24, 2.45) is 5.92 Å². The van der Waals surface area contributed by atoms with Gasteiger partial charge in [0.1, 0.15) is 5.82 Å². The molecule has 2 fully saturated rings. The van der Waals surface area contributed by atoms with Gasteiger partial charge >= 0.3 is 0 Å². The van der Waals surface area contributed by atoms with Crippen LogP contribution in [0.4, 0.5) is 4.39 Å².